The van der Waals surface area contributed by atoms with E-state index in [2.05, 4.69) is 44.0 Å². The highest BCUT2D eigenvalue weighted by molar-refractivity contribution is 5.85. The quantitative estimate of drug-likeness (QED) is 0.557. The number of carbonyl (C=O) groups is 1. The van der Waals surface area contributed by atoms with Crippen molar-refractivity contribution in [3.05, 3.63) is 47.0 Å². The van der Waals surface area contributed by atoms with Crippen LogP contribution in [-0.4, -0.2) is 31.6 Å². The molecule has 0 aromatic heterocycles. The number of likely N-dealkylation sites (N-methyl/N-ethyl adjacent to an activating group) is 1. The number of hydrogen-bond acceptors (Lipinski definition) is 4. The number of fused-ring (bicyclic) bond motifs is 2. The number of hydrogen-bond donors (Lipinski definition) is 0. The molecule has 1 atom stereocenters. The number of benzene rings is 2. The van der Waals surface area contributed by atoms with E-state index in [9.17, 15) is 4.79 Å². The fraction of sp³-hybridized carbons (Fsp3) is 0.458. The van der Waals surface area contributed by atoms with Crippen molar-refractivity contribution in [2.75, 3.05) is 20.7 Å². The summed E-state index contributed by atoms with van der Waals surface area (Å²) in [4.78, 5) is 14.8. The van der Waals surface area contributed by atoms with E-state index in [1.807, 2.05) is 12.1 Å². The molecule has 4 heteroatoms. The molecule has 4 rings (SSSR count). The van der Waals surface area contributed by atoms with Gasteiger partial charge in [0.1, 0.15) is 11.5 Å². The van der Waals surface area contributed by atoms with Crippen LogP contribution in [0.25, 0.3) is 11.1 Å². The second-order valence-electron chi connectivity index (χ2n) is 8.20. The van der Waals surface area contributed by atoms with E-state index in [-0.39, 0.29) is 11.5 Å². The number of carbonyl (C=O) groups excluding carboxylic acids is 1. The first-order valence-corrected chi connectivity index (χ1v) is 10.2. The minimum atomic E-state index is -0.155. The van der Waals surface area contributed by atoms with Gasteiger partial charge in [0.2, 0.25) is 0 Å². The van der Waals surface area contributed by atoms with Crippen LogP contribution in [0.4, 0.5) is 0 Å². The Bertz CT molecular complexity index is 920. The van der Waals surface area contributed by atoms with Crippen molar-refractivity contribution in [1.29, 1.82) is 0 Å². The first kappa shape index (κ1) is 19.0. The highest BCUT2D eigenvalue weighted by atomic mass is 16.5. The van der Waals surface area contributed by atoms with Crippen LogP contribution in [0, 0.1) is 0 Å². The fourth-order valence-corrected chi connectivity index (χ4v) is 4.75. The van der Waals surface area contributed by atoms with Gasteiger partial charge in [-0.25, -0.2) is 0 Å². The third-order valence-corrected chi connectivity index (χ3v) is 6.40. The molecule has 0 radical (unpaired) electrons. The second kappa shape index (κ2) is 7.25. The Morgan fingerprint density at radius 3 is 2.82 bits per heavy atom. The highest BCUT2D eigenvalue weighted by Crippen LogP contribution is 2.52. The minimum Gasteiger partial charge on any atom is -0.497 e. The van der Waals surface area contributed by atoms with E-state index < -0.39 is 0 Å². The highest BCUT2D eigenvalue weighted by Gasteiger charge is 2.43. The summed E-state index contributed by atoms with van der Waals surface area (Å²) < 4.78 is 11.4. The molecule has 0 fully saturated rings. The van der Waals surface area contributed by atoms with Gasteiger partial charge in [0, 0.05) is 24.1 Å². The maximum Gasteiger partial charge on any atom is 0.311 e. The molecule has 148 valence electrons. The van der Waals surface area contributed by atoms with Gasteiger partial charge in [0.05, 0.1) is 7.11 Å². The molecular weight excluding hydrogens is 350 g/mol. The molecule has 0 unspecified atom stereocenters. The molecule has 2 aliphatic rings. The van der Waals surface area contributed by atoms with Crippen LogP contribution in [0.1, 0.15) is 49.8 Å². The summed E-state index contributed by atoms with van der Waals surface area (Å²) in [6.07, 6.45) is 4.20. The van der Waals surface area contributed by atoms with Gasteiger partial charge < -0.3 is 9.47 Å². The van der Waals surface area contributed by atoms with Gasteiger partial charge in [-0.1, -0.05) is 25.5 Å². The third kappa shape index (κ3) is 3.00. The lowest BCUT2D eigenvalue weighted by atomic mass is 9.69. The van der Waals surface area contributed by atoms with Crippen molar-refractivity contribution in [3.8, 4) is 22.6 Å². The molecule has 0 saturated heterocycles. The lowest BCUT2D eigenvalue weighted by molar-refractivity contribution is -0.134. The van der Waals surface area contributed by atoms with Crippen LogP contribution in [-0.2, 0) is 23.2 Å². The minimum absolute atomic E-state index is 0.0625. The molecule has 0 saturated carbocycles. The van der Waals surface area contributed by atoms with Gasteiger partial charge in [-0.2, -0.15) is 0 Å². The van der Waals surface area contributed by atoms with Crippen LogP contribution >= 0.6 is 0 Å². The topological polar surface area (TPSA) is 38.8 Å². The molecule has 1 aliphatic heterocycles. The second-order valence-corrected chi connectivity index (χ2v) is 8.20. The van der Waals surface area contributed by atoms with Crippen molar-refractivity contribution >= 4 is 5.97 Å². The summed E-state index contributed by atoms with van der Waals surface area (Å²) in [5, 5.41) is 0. The molecule has 0 amide bonds. The molecule has 0 spiro atoms. The predicted molar refractivity (Wildman–Crippen MR) is 111 cm³/mol. The smallest absolute Gasteiger partial charge is 0.311 e. The number of methoxy groups -OCH3 is 1. The summed E-state index contributed by atoms with van der Waals surface area (Å²) in [7, 11) is 3.92. The first-order valence-electron chi connectivity index (χ1n) is 10.2. The predicted octanol–water partition coefficient (Wildman–Crippen LogP) is 4.72. The van der Waals surface area contributed by atoms with E-state index in [0.29, 0.717) is 12.2 Å². The Hall–Kier alpha value is -2.33. The Morgan fingerprint density at radius 2 is 2.07 bits per heavy atom. The maximum atomic E-state index is 12.4. The summed E-state index contributed by atoms with van der Waals surface area (Å²) in [5.41, 5.74) is 6.05. The third-order valence-electron chi connectivity index (χ3n) is 6.40. The van der Waals surface area contributed by atoms with Crippen LogP contribution < -0.4 is 9.47 Å². The molecule has 1 aliphatic carbocycles. The number of esters is 1. The Kier molecular flexibility index (Phi) is 4.92. The average Bonchev–Trinajstić information content (AvgIpc) is 2.69. The van der Waals surface area contributed by atoms with Gasteiger partial charge in [-0.15, -0.1) is 0 Å². The van der Waals surface area contributed by atoms with Gasteiger partial charge >= 0.3 is 5.97 Å². The monoisotopic (exact) mass is 379 g/mol. The number of rotatable bonds is 5. The molecule has 1 heterocycles. The number of nitrogens with zero attached hydrogens (tertiary/aromatic N) is 1. The van der Waals surface area contributed by atoms with Gasteiger partial charge in [0.25, 0.3) is 0 Å². The van der Waals surface area contributed by atoms with Crippen LogP contribution in [0.15, 0.2) is 30.3 Å². The summed E-state index contributed by atoms with van der Waals surface area (Å²) in [5.74, 6) is 1.38. The van der Waals surface area contributed by atoms with Gasteiger partial charge in [-0.05, 0) is 73.7 Å². The van der Waals surface area contributed by atoms with Crippen LogP contribution in [0.5, 0.6) is 11.5 Å². The van der Waals surface area contributed by atoms with Crippen molar-refractivity contribution in [1.82, 2.24) is 4.90 Å². The van der Waals surface area contributed by atoms with E-state index in [4.69, 9.17) is 9.47 Å². The SMILES string of the molecule is CCCCC(=O)Oc1cccc2c1-c1cc(OC)cc3c1[C@@](C)(C2)N(C)CC3. The largest absolute Gasteiger partial charge is 0.497 e. The van der Waals surface area contributed by atoms with Gasteiger partial charge in [-0.3, -0.25) is 9.69 Å². The van der Waals surface area contributed by atoms with Crippen LogP contribution in [0.2, 0.25) is 0 Å². The maximum absolute atomic E-state index is 12.4. The Labute approximate surface area is 167 Å². The first-order chi connectivity index (χ1) is 13.5. The van der Waals surface area contributed by atoms with Crippen molar-refractivity contribution in [3.63, 3.8) is 0 Å². The average molecular weight is 380 g/mol. The van der Waals surface area contributed by atoms with Crippen molar-refractivity contribution < 1.29 is 14.3 Å². The Morgan fingerprint density at radius 1 is 1.25 bits per heavy atom. The molecule has 2 aromatic rings. The van der Waals surface area contributed by atoms with Crippen LogP contribution in [0.3, 0.4) is 0 Å². The molecule has 0 bridgehead atoms. The zero-order valence-electron chi connectivity index (χ0n) is 17.3. The lowest BCUT2D eigenvalue weighted by Gasteiger charge is -2.48. The zero-order valence-corrected chi connectivity index (χ0v) is 17.3. The lowest BCUT2D eigenvalue weighted by Crippen LogP contribution is -2.49. The molecule has 0 N–H and O–H groups in total. The normalized spacial score (nSPS) is 20.3. The van der Waals surface area contributed by atoms with E-state index in [0.717, 1.165) is 49.1 Å². The Balaban J connectivity index is 1.88. The van der Waals surface area contributed by atoms with E-state index >= 15 is 0 Å². The fourth-order valence-electron chi connectivity index (χ4n) is 4.75. The van der Waals surface area contributed by atoms with E-state index in [1.165, 1.54) is 16.7 Å². The summed E-state index contributed by atoms with van der Waals surface area (Å²) in [6.45, 7) is 5.43. The number of ether oxygens (including phenoxy) is 2. The van der Waals surface area contributed by atoms with Gasteiger partial charge in [0.15, 0.2) is 0 Å². The molecular formula is C24H29NO3. The van der Waals surface area contributed by atoms with Crippen molar-refractivity contribution in [2.45, 2.75) is 51.5 Å². The number of unbranched alkanes of at least 4 members (excludes halogenated alkanes) is 1. The van der Waals surface area contributed by atoms with Crippen molar-refractivity contribution in [2.24, 2.45) is 0 Å². The standard InChI is InChI=1S/C24H29NO3/c1-5-6-10-21(26)28-20-9-7-8-17-15-24(2)23-16(11-12-25(24)3)13-18(27-4)14-19(23)22(17)20/h7-9,13-14H,5-6,10-12,15H2,1-4H3/t24-/m1/s1. The molecule has 28 heavy (non-hydrogen) atoms. The van der Waals surface area contributed by atoms with E-state index in [1.54, 1.807) is 7.11 Å². The summed E-state index contributed by atoms with van der Waals surface area (Å²) >= 11 is 0. The zero-order chi connectivity index (χ0) is 19.9. The molecule has 4 nitrogen and oxygen atoms in total. The molecule has 2 aromatic carbocycles. The summed E-state index contributed by atoms with van der Waals surface area (Å²) in [6, 6.07) is 10.4.